The molecule has 7 heteroatoms. The predicted molar refractivity (Wildman–Crippen MR) is 98.2 cm³/mol. The van der Waals surface area contributed by atoms with Gasteiger partial charge in [0, 0.05) is 29.4 Å². The number of para-hydroxylation sites is 1. The van der Waals surface area contributed by atoms with Gasteiger partial charge in [-0.3, -0.25) is 4.90 Å². The second-order valence-corrected chi connectivity index (χ2v) is 7.14. The summed E-state index contributed by atoms with van der Waals surface area (Å²) in [5.41, 5.74) is 0.872. The third-order valence-electron chi connectivity index (χ3n) is 4.46. The van der Waals surface area contributed by atoms with Crippen molar-refractivity contribution in [2.24, 2.45) is 0 Å². The van der Waals surface area contributed by atoms with E-state index in [1.54, 1.807) is 6.07 Å². The summed E-state index contributed by atoms with van der Waals surface area (Å²) in [6, 6.07) is 11.7. The van der Waals surface area contributed by atoms with Crippen LogP contribution in [0.1, 0.15) is 12.5 Å². The van der Waals surface area contributed by atoms with Crippen LogP contribution < -0.4 is 4.90 Å². The van der Waals surface area contributed by atoms with Gasteiger partial charge in [-0.15, -0.1) is 0 Å². The third-order valence-corrected chi connectivity index (χ3v) is 5.59. The van der Waals surface area contributed by atoms with Crippen LogP contribution in [0.25, 0.3) is 0 Å². The van der Waals surface area contributed by atoms with Crippen molar-refractivity contribution in [1.29, 1.82) is 0 Å². The Morgan fingerprint density at radius 2 is 1.77 bits per heavy atom. The largest absolute Gasteiger partial charge is 0.416 e. The van der Waals surface area contributed by atoms with E-state index in [-0.39, 0.29) is 6.61 Å². The van der Waals surface area contributed by atoms with Crippen LogP contribution in [0.3, 0.4) is 0 Å². The first-order valence-corrected chi connectivity index (χ1v) is 9.34. The van der Waals surface area contributed by atoms with Crippen molar-refractivity contribution in [2.45, 2.75) is 22.9 Å². The van der Waals surface area contributed by atoms with Gasteiger partial charge in [-0.2, -0.15) is 13.2 Å². The number of hydrogen-bond donors (Lipinski definition) is 1. The highest BCUT2D eigenvalue weighted by molar-refractivity contribution is 7.99. The van der Waals surface area contributed by atoms with Crippen molar-refractivity contribution >= 4 is 23.1 Å². The molecule has 0 spiro atoms. The Morgan fingerprint density at radius 3 is 2.46 bits per heavy atom. The highest BCUT2D eigenvalue weighted by atomic mass is 32.2. The lowest BCUT2D eigenvalue weighted by atomic mass is 10.1. The summed E-state index contributed by atoms with van der Waals surface area (Å²) in [5.74, 6) is 0. The molecule has 0 aliphatic carbocycles. The number of fused-ring (bicyclic) bond motifs is 2. The van der Waals surface area contributed by atoms with E-state index >= 15 is 0 Å². The number of anilines is 2. The van der Waals surface area contributed by atoms with E-state index in [4.69, 9.17) is 5.11 Å². The maximum absolute atomic E-state index is 13.2. The van der Waals surface area contributed by atoms with E-state index in [1.165, 1.54) is 17.8 Å². The zero-order valence-corrected chi connectivity index (χ0v) is 15.3. The molecule has 0 amide bonds. The summed E-state index contributed by atoms with van der Waals surface area (Å²) in [4.78, 5) is 5.89. The van der Waals surface area contributed by atoms with Crippen LogP contribution in [-0.4, -0.2) is 42.8 Å². The fourth-order valence-corrected chi connectivity index (χ4v) is 4.13. The second-order valence-electron chi connectivity index (χ2n) is 6.06. The van der Waals surface area contributed by atoms with Crippen molar-refractivity contribution in [2.75, 3.05) is 37.7 Å². The predicted octanol–water partition coefficient (Wildman–Crippen LogP) is 4.62. The molecule has 0 unspecified atom stereocenters. The number of benzene rings is 2. The zero-order chi connectivity index (χ0) is 18.7. The van der Waals surface area contributed by atoms with E-state index in [0.717, 1.165) is 28.1 Å². The van der Waals surface area contributed by atoms with E-state index in [0.29, 0.717) is 25.3 Å². The van der Waals surface area contributed by atoms with E-state index < -0.39 is 11.7 Å². The minimum absolute atomic E-state index is 0.0646. The second kappa shape index (κ2) is 7.90. The summed E-state index contributed by atoms with van der Waals surface area (Å²) in [5, 5.41) is 9.16. The average Bonchev–Trinajstić information content (AvgIpc) is 2.62. The molecule has 0 saturated heterocycles. The summed E-state index contributed by atoms with van der Waals surface area (Å²) in [6.07, 6.45) is -4.37. The molecule has 1 aliphatic heterocycles. The van der Waals surface area contributed by atoms with Crippen LogP contribution in [0, 0.1) is 0 Å². The molecule has 2 aromatic rings. The van der Waals surface area contributed by atoms with Gasteiger partial charge in [0.1, 0.15) is 0 Å². The van der Waals surface area contributed by atoms with E-state index in [2.05, 4.69) is 4.90 Å². The quantitative estimate of drug-likeness (QED) is 0.789. The van der Waals surface area contributed by atoms with Crippen molar-refractivity contribution in [1.82, 2.24) is 4.90 Å². The molecule has 0 atom stereocenters. The van der Waals surface area contributed by atoms with Crippen LogP contribution in [0.4, 0.5) is 24.5 Å². The average molecular weight is 382 g/mol. The minimum Gasteiger partial charge on any atom is -0.395 e. The number of aliphatic hydroxyl groups is 1. The Morgan fingerprint density at radius 1 is 1.04 bits per heavy atom. The van der Waals surface area contributed by atoms with E-state index in [1.807, 2.05) is 36.1 Å². The molecule has 2 aromatic carbocycles. The third kappa shape index (κ3) is 4.00. The van der Waals surface area contributed by atoms with Gasteiger partial charge in [-0.1, -0.05) is 30.8 Å². The normalized spacial score (nSPS) is 13.7. The molecule has 26 heavy (non-hydrogen) atoms. The Hall–Kier alpha value is -1.70. The van der Waals surface area contributed by atoms with Gasteiger partial charge < -0.3 is 10.0 Å². The molecule has 0 bridgehead atoms. The van der Waals surface area contributed by atoms with Crippen LogP contribution in [0.2, 0.25) is 0 Å². The van der Waals surface area contributed by atoms with Crippen molar-refractivity contribution < 1.29 is 18.3 Å². The fraction of sp³-hybridized carbons (Fsp3) is 0.368. The Kier molecular flexibility index (Phi) is 5.79. The van der Waals surface area contributed by atoms with Crippen LogP contribution in [0.5, 0.6) is 0 Å². The first-order chi connectivity index (χ1) is 12.4. The highest BCUT2D eigenvalue weighted by Crippen LogP contribution is 2.49. The van der Waals surface area contributed by atoms with Gasteiger partial charge in [0.2, 0.25) is 0 Å². The number of likely N-dealkylation sites (N-methyl/N-ethyl adjacent to an activating group) is 1. The van der Waals surface area contributed by atoms with Crippen molar-refractivity contribution in [3.8, 4) is 0 Å². The van der Waals surface area contributed by atoms with Crippen LogP contribution in [-0.2, 0) is 6.18 Å². The van der Waals surface area contributed by atoms with Crippen molar-refractivity contribution in [3.05, 3.63) is 48.0 Å². The first kappa shape index (κ1) is 19.1. The minimum atomic E-state index is -4.37. The first-order valence-electron chi connectivity index (χ1n) is 8.53. The number of alkyl halides is 3. The summed E-state index contributed by atoms with van der Waals surface area (Å²) in [7, 11) is 0. The van der Waals surface area contributed by atoms with E-state index in [9.17, 15) is 13.2 Å². The number of halogens is 3. The van der Waals surface area contributed by atoms with Gasteiger partial charge in [0.15, 0.2) is 0 Å². The molecular formula is C19H21F3N2OS. The van der Waals surface area contributed by atoms with Gasteiger partial charge >= 0.3 is 6.18 Å². The molecule has 140 valence electrons. The molecule has 3 rings (SSSR count). The van der Waals surface area contributed by atoms with Crippen LogP contribution in [0.15, 0.2) is 52.3 Å². The fourth-order valence-electron chi connectivity index (χ4n) is 3.06. The number of aliphatic hydroxyl groups excluding tert-OH is 1. The highest BCUT2D eigenvalue weighted by Gasteiger charge is 2.33. The zero-order valence-electron chi connectivity index (χ0n) is 14.5. The standard InChI is InChI=1S/C19H21F3N2OS/c1-2-23(11-12-25)9-10-24-15-5-3-4-6-17(15)26-18-8-7-14(13-16(18)24)19(20,21)22/h3-8,13,25H,2,9-12H2,1H3. The summed E-state index contributed by atoms with van der Waals surface area (Å²) in [6.45, 7) is 4.61. The Balaban J connectivity index is 1.96. The molecule has 0 saturated carbocycles. The number of hydrogen-bond acceptors (Lipinski definition) is 4. The Bertz CT molecular complexity index is 767. The molecule has 3 nitrogen and oxygen atoms in total. The van der Waals surface area contributed by atoms with Gasteiger partial charge in [0.25, 0.3) is 0 Å². The maximum Gasteiger partial charge on any atom is 0.416 e. The smallest absolute Gasteiger partial charge is 0.395 e. The monoisotopic (exact) mass is 382 g/mol. The lowest BCUT2D eigenvalue weighted by molar-refractivity contribution is -0.137. The molecule has 1 heterocycles. The lowest BCUT2D eigenvalue weighted by Crippen LogP contribution is -2.35. The maximum atomic E-state index is 13.2. The molecular weight excluding hydrogens is 361 g/mol. The SMILES string of the molecule is CCN(CCO)CCN1c2ccccc2Sc2ccc(C(F)(F)F)cc21. The molecule has 1 N–H and O–H groups in total. The number of rotatable bonds is 6. The topological polar surface area (TPSA) is 26.7 Å². The van der Waals surface area contributed by atoms with Crippen LogP contribution >= 0.6 is 11.8 Å². The lowest BCUT2D eigenvalue weighted by Gasteiger charge is -2.34. The van der Waals surface area contributed by atoms with Crippen molar-refractivity contribution in [3.63, 3.8) is 0 Å². The van der Waals surface area contributed by atoms with Gasteiger partial charge in [0.05, 0.1) is 23.5 Å². The van der Waals surface area contributed by atoms with Gasteiger partial charge in [-0.25, -0.2) is 0 Å². The molecule has 0 aromatic heterocycles. The summed E-state index contributed by atoms with van der Waals surface area (Å²) >= 11 is 1.49. The van der Waals surface area contributed by atoms with Gasteiger partial charge in [-0.05, 0) is 36.9 Å². The molecule has 1 aliphatic rings. The molecule has 0 radical (unpaired) electrons. The number of nitrogens with zero attached hydrogens (tertiary/aromatic N) is 2. The summed E-state index contributed by atoms with van der Waals surface area (Å²) < 4.78 is 39.6. The molecule has 0 fully saturated rings. The Labute approximate surface area is 155 Å².